The van der Waals surface area contributed by atoms with Crippen LogP contribution in [0.4, 0.5) is 0 Å². The maximum atomic E-state index is 13.6. The summed E-state index contributed by atoms with van der Waals surface area (Å²) < 4.78 is 13.2. The Hall–Kier alpha value is -3.69. The van der Waals surface area contributed by atoms with Crippen molar-refractivity contribution in [2.75, 3.05) is 46.0 Å². The fourth-order valence-electron chi connectivity index (χ4n) is 5.37. The number of Topliss-reactive ketones (excluding diaryl/α,β-unsaturated/α-hetero) is 1. The molecule has 0 radical (unpaired) electrons. The molecule has 2 aliphatic rings. The fourth-order valence-corrected chi connectivity index (χ4v) is 5.37. The third-order valence-electron chi connectivity index (χ3n) is 7.42. The molecular weight excluding hydrogens is 496 g/mol. The van der Waals surface area contributed by atoms with E-state index >= 15 is 0 Å². The smallest absolute Gasteiger partial charge is 0.295 e. The molecule has 9 nitrogen and oxygen atoms in total. The van der Waals surface area contributed by atoms with E-state index in [1.807, 2.05) is 42.5 Å². The van der Waals surface area contributed by atoms with Crippen LogP contribution in [0.15, 0.2) is 54.2 Å². The van der Waals surface area contributed by atoms with Gasteiger partial charge in [0.05, 0.1) is 37.1 Å². The first-order valence-electron chi connectivity index (χ1n) is 13.7. The number of aryl methyl sites for hydroxylation is 1. The van der Waals surface area contributed by atoms with Crippen LogP contribution in [0.2, 0.25) is 0 Å². The highest BCUT2D eigenvalue weighted by atomic mass is 16.5. The molecular formula is C30H36N4O5. The molecule has 0 saturated carbocycles. The number of hydrogen-bond acceptors (Lipinski definition) is 7. The van der Waals surface area contributed by atoms with Gasteiger partial charge >= 0.3 is 0 Å². The average molecular weight is 533 g/mol. The molecule has 206 valence electrons. The number of benzene rings is 1. The molecule has 1 amide bonds. The maximum Gasteiger partial charge on any atom is 0.295 e. The van der Waals surface area contributed by atoms with Gasteiger partial charge in [-0.05, 0) is 43.2 Å². The molecule has 1 atom stereocenters. The van der Waals surface area contributed by atoms with Crippen LogP contribution in [0.5, 0.6) is 5.75 Å². The van der Waals surface area contributed by atoms with Crippen molar-refractivity contribution in [1.29, 1.82) is 0 Å². The molecule has 2 fully saturated rings. The predicted octanol–water partition coefficient (Wildman–Crippen LogP) is 3.97. The van der Waals surface area contributed by atoms with Crippen LogP contribution in [-0.2, 0) is 14.3 Å². The lowest BCUT2D eigenvalue weighted by Crippen LogP contribution is -2.42. The van der Waals surface area contributed by atoms with E-state index in [1.165, 1.54) is 0 Å². The minimum absolute atomic E-state index is 0.0684. The standard InChI is InChI=1S/C30H36N4O5/c1-3-4-7-17-39-23-10-8-9-22(20-23)27-25(28(35)26-21(2)31-24-11-5-6-12-33(24)26)29(36)30(37)34(27)14-13-32-15-18-38-19-16-32/h5-6,8-12,20,27,35H,3-4,7,13-19H2,1-2H3. The number of aromatic nitrogens is 2. The number of carbonyl (C=O) groups excluding carboxylic acids is 2. The number of fused-ring (bicyclic) bond motifs is 1. The number of imidazole rings is 1. The van der Waals surface area contributed by atoms with Gasteiger partial charge in [0.1, 0.15) is 17.1 Å². The number of carbonyl (C=O) groups is 2. The van der Waals surface area contributed by atoms with Crippen LogP contribution in [0.1, 0.15) is 49.2 Å². The summed E-state index contributed by atoms with van der Waals surface area (Å²) in [6.07, 6.45) is 4.93. The number of unbranched alkanes of at least 4 members (excludes halogenated alkanes) is 2. The Kier molecular flexibility index (Phi) is 8.28. The maximum absolute atomic E-state index is 13.6. The number of aliphatic hydroxyl groups excluding tert-OH is 1. The summed E-state index contributed by atoms with van der Waals surface area (Å²) >= 11 is 0. The highest BCUT2D eigenvalue weighted by Gasteiger charge is 2.46. The molecule has 0 spiro atoms. The Labute approximate surface area is 228 Å². The quantitative estimate of drug-likeness (QED) is 0.183. The van der Waals surface area contributed by atoms with Crippen molar-refractivity contribution < 1.29 is 24.2 Å². The van der Waals surface area contributed by atoms with Crippen molar-refractivity contribution in [1.82, 2.24) is 19.2 Å². The minimum atomic E-state index is -0.751. The van der Waals surface area contributed by atoms with Gasteiger partial charge in [0.25, 0.3) is 11.7 Å². The van der Waals surface area contributed by atoms with Gasteiger partial charge < -0.3 is 19.5 Å². The summed E-state index contributed by atoms with van der Waals surface area (Å²) in [5.74, 6) is -0.861. The lowest BCUT2D eigenvalue weighted by molar-refractivity contribution is -0.140. The van der Waals surface area contributed by atoms with Crippen LogP contribution < -0.4 is 4.74 Å². The highest BCUT2D eigenvalue weighted by molar-refractivity contribution is 6.46. The zero-order valence-corrected chi connectivity index (χ0v) is 22.6. The Morgan fingerprint density at radius 2 is 1.92 bits per heavy atom. The van der Waals surface area contributed by atoms with Crippen molar-refractivity contribution in [2.45, 2.75) is 39.2 Å². The number of pyridine rings is 1. The van der Waals surface area contributed by atoms with Crippen molar-refractivity contribution in [3.05, 3.63) is 71.2 Å². The van der Waals surface area contributed by atoms with Gasteiger partial charge in [-0.3, -0.25) is 18.9 Å². The number of aliphatic hydroxyl groups is 1. The first-order valence-corrected chi connectivity index (χ1v) is 13.7. The second-order valence-corrected chi connectivity index (χ2v) is 10.0. The van der Waals surface area contributed by atoms with Crippen molar-refractivity contribution in [3.63, 3.8) is 0 Å². The molecule has 1 N–H and O–H groups in total. The molecule has 3 aromatic rings. The third-order valence-corrected chi connectivity index (χ3v) is 7.42. The minimum Gasteiger partial charge on any atom is -0.505 e. The highest BCUT2D eigenvalue weighted by Crippen LogP contribution is 2.40. The van der Waals surface area contributed by atoms with E-state index in [4.69, 9.17) is 9.47 Å². The topological polar surface area (TPSA) is 96.6 Å². The number of likely N-dealkylation sites (tertiary alicyclic amines) is 1. The van der Waals surface area contributed by atoms with E-state index in [-0.39, 0.29) is 11.3 Å². The molecule has 4 heterocycles. The molecule has 0 bridgehead atoms. The van der Waals surface area contributed by atoms with Gasteiger partial charge in [-0.15, -0.1) is 0 Å². The monoisotopic (exact) mass is 532 g/mol. The predicted molar refractivity (Wildman–Crippen MR) is 148 cm³/mol. The van der Waals surface area contributed by atoms with Gasteiger partial charge in [-0.25, -0.2) is 4.98 Å². The zero-order valence-electron chi connectivity index (χ0n) is 22.6. The van der Waals surface area contributed by atoms with Crippen LogP contribution in [0.25, 0.3) is 11.4 Å². The van der Waals surface area contributed by atoms with Gasteiger partial charge in [0, 0.05) is 32.4 Å². The van der Waals surface area contributed by atoms with Crippen LogP contribution in [-0.4, -0.2) is 82.0 Å². The lowest BCUT2D eigenvalue weighted by atomic mass is 9.96. The second kappa shape index (κ2) is 12.0. The SMILES string of the molecule is CCCCCOc1cccc(C2C(=C(O)c3c(C)nc4ccccn34)C(=O)C(=O)N2CCN2CCOCC2)c1. The molecule has 0 aliphatic carbocycles. The van der Waals surface area contributed by atoms with Crippen LogP contribution >= 0.6 is 0 Å². The van der Waals surface area contributed by atoms with Crippen molar-refractivity contribution in [2.24, 2.45) is 0 Å². The van der Waals surface area contributed by atoms with Crippen molar-refractivity contribution >= 4 is 23.1 Å². The molecule has 9 heteroatoms. The molecule has 2 aromatic heterocycles. The first kappa shape index (κ1) is 26.9. The molecule has 1 aromatic carbocycles. The molecule has 39 heavy (non-hydrogen) atoms. The van der Waals surface area contributed by atoms with E-state index in [0.29, 0.717) is 55.7 Å². The number of ketones is 1. The van der Waals surface area contributed by atoms with Crippen LogP contribution in [0.3, 0.4) is 0 Å². The number of rotatable bonds is 10. The van der Waals surface area contributed by atoms with Crippen LogP contribution in [0, 0.1) is 6.92 Å². The average Bonchev–Trinajstić information content (AvgIpc) is 3.42. The number of morpholine rings is 1. The second-order valence-electron chi connectivity index (χ2n) is 10.0. The van der Waals surface area contributed by atoms with E-state index < -0.39 is 17.7 Å². The Bertz CT molecular complexity index is 1370. The number of amides is 1. The van der Waals surface area contributed by atoms with E-state index in [0.717, 1.165) is 37.9 Å². The van der Waals surface area contributed by atoms with Gasteiger partial charge in [0.2, 0.25) is 0 Å². The summed E-state index contributed by atoms with van der Waals surface area (Å²) in [5.41, 5.74) is 2.42. The normalized spacial score (nSPS) is 19.7. The molecule has 2 aliphatic heterocycles. The summed E-state index contributed by atoms with van der Waals surface area (Å²) in [6.45, 7) is 8.32. The van der Waals surface area contributed by atoms with Gasteiger partial charge in [0.15, 0.2) is 5.76 Å². The molecule has 2 saturated heterocycles. The number of hydrogen-bond donors (Lipinski definition) is 1. The summed E-state index contributed by atoms with van der Waals surface area (Å²) in [7, 11) is 0. The summed E-state index contributed by atoms with van der Waals surface area (Å²) in [5, 5.41) is 11.7. The van der Waals surface area contributed by atoms with E-state index in [1.54, 1.807) is 22.4 Å². The Balaban J connectivity index is 1.55. The fraction of sp³-hybridized carbons (Fsp3) is 0.433. The van der Waals surface area contributed by atoms with Gasteiger partial charge in [-0.2, -0.15) is 0 Å². The number of ether oxygens (including phenoxy) is 2. The van der Waals surface area contributed by atoms with E-state index in [9.17, 15) is 14.7 Å². The number of nitrogens with zero attached hydrogens (tertiary/aromatic N) is 4. The largest absolute Gasteiger partial charge is 0.505 e. The Morgan fingerprint density at radius 3 is 2.72 bits per heavy atom. The summed E-state index contributed by atoms with van der Waals surface area (Å²) in [6, 6.07) is 12.3. The van der Waals surface area contributed by atoms with E-state index in [2.05, 4.69) is 16.8 Å². The van der Waals surface area contributed by atoms with Gasteiger partial charge in [-0.1, -0.05) is 38.0 Å². The Morgan fingerprint density at radius 1 is 1.10 bits per heavy atom. The third kappa shape index (κ3) is 5.55. The lowest BCUT2D eigenvalue weighted by Gasteiger charge is -2.31. The van der Waals surface area contributed by atoms with Crippen molar-refractivity contribution in [3.8, 4) is 5.75 Å². The molecule has 5 rings (SSSR count). The zero-order chi connectivity index (χ0) is 27.4. The molecule has 1 unspecified atom stereocenters. The summed E-state index contributed by atoms with van der Waals surface area (Å²) in [4.78, 5) is 35.4. The first-order chi connectivity index (χ1) is 19.0.